The maximum atomic E-state index is 5.78. The molecule has 0 aliphatic carbocycles. The first-order chi connectivity index (χ1) is 11.6. The number of hydrogen-bond donors (Lipinski definition) is 1. The van der Waals surface area contributed by atoms with Crippen LogP contribution in [0.25, 0.3) is 5.70 Å². The Morgan fingerprint density at radius 3 is 2.38 bits per heavy atom. The van der Waals surface area contributed by atoms with Gasteiger partial charge in [-0.2, -0.15) is 0 Å². The molecule has 0 saturated heterocycles. The lowest BCUT2D eigenvalue weighted by Gasteiger charge is -2.18. The van der Waals surface area contributed by atoms with Crippen LogP contribution in [0.1, 0.15) is 30.5 Å². The van der Waals surface area contributed by atoms with E-state index in [1.54, 1.807) is 0 Å². The fraction of sp³-hybridized carbons (Fsp3) is 0.333. The first kappa shape index (κ1) is 18.1. The van der Waals surface area contributed by atoms with Crippen molar-refractivity contribution in [3.63, 3.8) is 0 Å². The summed E-state index contributed by atoms with van der Waals surface area (Å²) in [4.78, 5) is 2.17. The van der Waals surface area contributed by atoms with Crippen LogP contribution in [-0.2, 0) is 0 Å². The van der Waals surface area contributed by atoms with E-state index < -0.39 is 0 Å². The summed E-state index contributed by atoms with van der Waals surface area (Å²) >= 11 is 0. The molecule has 0 radical (unpaired) electrons. The molecule has 3 heteroatoms. The number of rotatable bonds is 9. The first-order valence-corrected chi connectivity index (χ1v) is 8.44. The van der Waals surface area contributed by atoms with E-state index in [0.717, 1.165) is 36.6 Å². The molecule has 0 bridgehead atoms. The molecule has 128 valence electrons. The lowest BCUT2D eigenvalue weighted by atomic mass is 10.1. The molecule has 0 aromatic heterocycles. The molecule has 0 heterocycles. The van der Waals surface area contributed by atoms with E-state index in [1.807, 2.05) is 30.3 Å². The molecule has 3 nitrogen and oxygen atoms in total. The van der Waals surface area contributed by atoms with E-state index in [1.165, 1.54) is 5.56 Å². The Labute approximate surface area is 146 Å². The molecule has 1 atom stereocenters. The first-order valence-electron chi connectivity index (χ1n) is 8.44. The molecule has 2 aromatic carbocycles. The lowest BCUT2D eigenvalue weighted by Crippen LogP contribution is -2.16. The molecule has 0 aliphatic rings. The molecule has 1 N–H and O–H groups in total. The summed E-state index contributed by atoms with van der Waals surface area (Å²) in [6.45, 7) is 8.06. The largest absolute Gasteiger partial charge is 0.494 e. The van der Waals surface area contributed by atoms with Crippen LogP contribution in [0.15, 0.2) is 61.2 Å². The van der Waals surface area contributed by atoms with Crippen LogP contribution in [0.3, 0.4) is 0 Å². The van der Waals surface area contributed by atoms with Crippen LogP contribution in [0, 0.1) is 0 Å². The van der Waals surface area contributed by atoms with Crippen LogP contribution in [-0.4, -0.2) is 32.1 Å². The van der Waals surface area contributed by atoms with Crippen molar-refractivity contribution in [2.75, 3.05) is 27.2 Å². The minimum Gasteiger partial charge on any atom is -0.494 e. The molecule has 0 spiro atoms. The lowest BCUT2D eigenvalue weighted by molar-refractivity contribution is 0.281. The minimum absolute atomic E-state index is 0.195. The highest BCUT2D eigenvalue weighted by molar-refractivity contribution is 5.61. The van der Waals surface area contributed by atoms with Crippen molar-refractivity contribution in [3.8, 4) is 5.75 Å². The summed E-state index contributed by atoms with van der Waals surface area (Å²) in [7, 11) is 4.15. The summed E-state index contributed by atoms with van der Waals surface area (Å²) in [5.41, 5.74) is 3.27. The van der Waals surface area contributed by atoms with Gasteiger partial charge in [0.15, 0.2) is 0 Å². The second kappa shape index (κ2) is 9.14. The van der Waals surface area contributed by atoms with Gasteiger partial charge in [0.2, 0.25) is 0 Å². The van der Waals surface area contributed by atoms with Crippen molar-refractivity contribution >= 4 is 5.70 Å². The topological polar surface area (TPSA) is 24.5 Å². The molecular weight excluding hydrogens is 296 g/mol. The molecule has 0 aliphatic heterocycles. The Morgan fingerprint density at radius 2 is 1.75 bits per heavy atom. The zero-order chi connectivity index (χ0) is 17.4. The van der Waals surface area contributed by atoms with Gasteiger partial charge in [0.05, 0.1) is 6.61 Å². The van der Waals surface area contributed by atoms with Crippen LogP contribution in [0.2, 0.25) is 0 Å². The van der Waals surface area contributed by atoms with Gasteiger partial charge in [-0.1, -0.05) is 49.0 Å². The van der Waals surface area contributed by atoms with Crippen LogP contribution in [0.4, 0.5) is 0 Å². The average molecular weight is 324 g/mol. The van der Waals surface area contributed by atoms with Gasteiger partial charge >= 0.3 is 0 Å². The fourth-order valence-electron chi connectivity index (χ4n) is 2.49. The second-order valence-electron chi connectivity index (χ2n) is 6.28. The van der Waals surface area contributed by atoms with Crippen molar-refractivity contribution in [2.24, 2.45) is 0 Å². The van der Waals surface area contributed by atoms with E-state index in [-0.39, 0.29) is 6.04 Å². The quantitative estimate of drug-likeness (QED) is 0.695. The standard InChI is InChI=1S/C21H28N2O/c1-17(19-9-6-5-7-10-19)22-18(2)20-11-13-21(14-12-20)24-16-8-15-23(3)4/h5-7,9-14,18,22H,1,8,15-16H2,2-4H3. The van der Waals surface area contributed by atoms with Crippen molar-refractivity contribution in [1.82, 2.24) is 10.2 Å². The molecule has 1 unspecified atom stereocenters. The Kier molecular flexibility index (Phi) is 6.89. The third kappa shape index (κ3) is 5.74. The van der Waals surface area contributed by atoms with Crippen molar-refractivity contribution < 1.29 is 4.74 Å². The molecular formula is C21H28N2O. The van der Waals surface area contributed by atoms with Gasteiger partial charge in [0.25, 0.3) is 0 Å². The summed E-state index contributed by atoms with van der Waals surface area (Å²) in [6.07, 6.45) is 1.03. The van der Waals surface area contributed by atoms with Gasteiger partial charge < -0.3 is 15.0 Å². The summed E-state index contributed by atoms with van der Waals surface area (Å²) < 4.78 is 5.78. The number of benzene rings is 2. The minimum atomic E-state index is 0.195. The zero-order valence-electron chi connectivity index (χ0n) is 15.0. The van der Waals surface area contributed by atoms with E-state index in [4.69, 9.17) is 4.74 Å². The van der Waals surface area contributed by atoms with E-state index in [0.29, 0.717) is 0 Å². The van der Waals surface area contributed by atoms with E-state index in [9.17, 15) is 0 Å². The molecule has 24 heavy (non-hydrogen) atoms. The van der Waals surface area contributed by atoms with Gasteiger partial charge in [-0.3, -0.25) is 0 Å². The average Bonchev–Trinajstić information content (AvgIpc) is 2.59. The Morgan fingerprint density at radius 1 is 1.08 bits per heavy atom. The molecule has 0 saturated carbocycles. The van der Waals surface area contributed by atoms with Crippen LogP contribution in [0.5, 0.6) is 5.75 Å². The van der Waals surface area contributed by atoms with Crippen molar-refractivity contribution in [3.05, 3.63) is 72.3 Å². The second-order valence-corrected chi connectivity index (χ2v) is 6.28. The number of nitrogens with one attached hydrogen (secondary N) is 1. The van der Waals surface area contributed by atoms with Gasteiger partial charge in [-0.15, -0.1) is 0 Å². The fourth-order valence-corrected chi connectivity index (χ4v) is 2.49. The zero-order valence-corrected chi connectivity index (χ0v) is 15.0. The third-order valence-corrected chi connectivity index (χ3v) is 3.91. The predicted molar refractivity (Wildman–Crippen MR) is 102 cm³/mol. The van der Waals surface area contributed by atoms with Gasteiger partial charge in [0.1, 0.15) is 5.75 Å². The summed E-state index contributed by atoms with van der Waals surface area (Å²) in [5.74, 6) is 0.923. The normalized spacial score (nSPS) is 12.0. The highest BCUT2D eigenvalue weighted by Gasteiger charge is 2.07. The number of hydrogen-bond acceptors (Lipinski definition) is 3. The third-order valence-electron chi connectivity index (χ3n) is 3.91. The molecule has 0 fully saturated rings. The smallest absolute Gasteiger partial charge is 0.119 e. The molecule has 2 aromatic rings. The highest BCUT2D eigenvalue weighted by atomic mass is 16.5. The summed E-state index contributed by atoms with van der Waals surface area (Å²) in [6, 6.07) is 18.7. The molecule has 0 amide bonds. The number of ether oxygens (including phenoxy) is 1. The SMILES string of the molecule is C=C(NC(C)c1ccc(OCCCN(C)C)cc1)c1ccccc1. The van der Waals surface area contributed by atoms with Gasteiger partial charge in [0, 0.05) is 18.3 Å². The Balaban J connectivity index is 1.84. The number of nitrogens with zero attached hydrogens (tertiary/aromatic N) is 1. The van der Waals surface area contributed by atoms with Crippen molar-refractivity contribution in [2.45, 2.75) is 19.4 Å². The van der Waals surface area contributed by atoms with E-state index >= 15 is 0 Å². The maximum Gasteiger partial charge on any atom is 0.119 e. The van der Waals surface area contributed by atoms with Crippen molar-refractivity contribution in [1.29, 1.82) is 0 Å². The Bertz CT molecular complexity index is 620. The summed E-state index contributed by atoms with van der Waals surface area (Å²) in [5, 5.41) is 3.46. The van der Waals surface area contributed by atoms with Crippen LogP contribution >= 0.6 is 0 Å². The Hall–Kier alpha value is -2.26. The van der Waals surface area contributed by atoms with E-state index in [2.05, 4.69) is 62.1 Å². The molecule has 2 rings (SSSR count). The monoisotopic (exact) mass is 324 g/mol. The van der Waals surface area contributed by atoms with Gasteiger partial charge in [-0.05, 0) is 50.7 Å². The maximum absolute atomic E-state index is 5.78. The highest BCUT2D eigenvalue weighted by Crippen LogP contribution is 2.20. The van der Waals surface area contributed by atoms with Gasteiger partial charge in [-0.25, -0.2) is 0 Å². The predicted octanol–water partition coefficient (Wildman–Crippen LogP) is 4.34. The van der Waals surface area contributed by atoms with Crippen LogP contribution < -0.4 is 10.1 Å².